The maximum Gasteiger partial charge on any atom is 0.326 e. The van der Waals surface area contributed by atoms with Gasteiger partial charge in [0.25, 0.3) is 5.91 Å². The molecule has 1 amide bonds. The minimum Gasteiger partial charge on any atom is -0.322 e. The molecule has 6 nitrogen and oxygen atoms in total. The van der Waals surface area contributed by atoms with Crippen LogP contribution in [0.25, 0.3) is 11.0 Å². The maximum atomic E-state index is 12.3. The molecule has 0 atom stereocenters. The van der Waals surface area contributed by atoms with E-state index in [0.29, 0.717) is 11.3 Å². The molecule has 3 aromatic rings. The van der Waals surface area contributed by atoms with Crippen LogP contribution >= 0.6 is 11.8 Å². The van der Waals surface area contributed by atoms with Gasteiger partial charge in [0.05, 0.1) is 16.1 Å². The molecule has 0 aliphatic rings. The molecule has 0 fully saturated rings. The zero-order chi connectivity index (χ0) is 15.7. The smallest absolute Gasteiger partial charge is 0.322 e. The topological polar surface area (TPSA) is 79.8 Å². The van der Waals surface area contributed by atoms with Gasteiger partial charge in [-0.15, -0.1) is 11.8 Å². The third-order valence-electron chi connectivity index (χ3n) is 3.37. The number of carbonyl (C=O) groups excluding carboxylic acids is 1. The van der Waals surface area contributed by atoms with Crippen LogP contribution in [0.4, 0.5) is 5.69 Å². The molecule has 1 aromatic carbocycles. The lowest BCUT2D eigenvalue weighted by Crippen LogP contribution is -2.13. The minimum atomic E-state index is -0.211. The van der Waals surface area contributed by atoms with Crippen molar-refractivity contribution >= 4 is 34.4 Å². The number of anilines is 1. The highest BCUT2D eigenvalue weighted by atomic mass is 32.2. The molecule has 112 valence electrons. The molecule has 2 heterocycles. The van der Waals surface area contributed by atoms with Crippen LogP contribution in [-0.2, 0) is 7.05 Å². The zero-order valence-electron chi connectivity index (χ0n) is 12.1. The Morgan fingerprint density at radius 2 is 2.14 bits per heavy atom. The lowest BCUT2D eigenvalue weighted by Gasteiger charge is -2.06. The summed E-state index contributed by atoms with van der Waals surface area (Å²) in [6.45, 7) is 0. The second-order valence-electron chi connectivity index (χ2n) is 4.76. The fourth-order valence-electron chi connectivity index (χ4n) is 2.17. The van der Waals surface area contributed by atoms with Crippen molar-refractivity contribution in [2.24, 2.45) is 7.05 Å². The average Bonchev–Trinajstić information content (AvgIpc) is 2.82. The number of nitrogens with one attached hydrogen (secondary N) is 2. The van der Waals surface area contributed by atoms with E-state index in [1.165, 1.54) is 16.3 Å². The van der Waals surface area contributed by atoms with Gasteiger partial charge in [-0.25, -0.2) is 9.78 Å². The molecule has 0 radical (unpaired) electrons. The van der Waals surface area contributed by atoms with Crippen molar-refractivity contribution in [1.82, 2.24) is 14.5 Å². The van der Waals surface area contributed by atoms with Crippen LogP contribution in [-0.4, -0.2) is 26.7 Å². The molecule has 0 unspecified atom stereocenters. The first-order valence-corrected chi connectivity index (χ1v) is 7.81. The summed E-state index contributed by atoms with van der Waals surface area (Å²) in [5, 5.41) is 3.62. The van der Waals surface area contributed by atoms with Crippen LogP contribution in [0.5, 0.6) is 0 Å². The van der Waals surface area contributed by atoms with E-state index < -0.39 is 0 Å². The van der Waals surface area contributed by atoms with E-state index in [1.54, 1.807) is 43.6 Å². The van der Waals surface area contributed by atoms with Crippen molar-refractivity contribution in [1.29, 1.82) is 0 Å². The molecule has 22 heavy (non-hydrogen) atoms. The zero-order valence-corrected chi connectivity index (χ0v) is 12.9. The van der Waals surface area contributed by atoms with Crippen molar-refractivity contribution in [2.75, 3.05) is 11.6 Å². The monoisotopic (exact) mass is 314 g/mol. The summed E-state index contributed by atoms with van der Waals surface area (Å²) in [7, 11) is 1.68. The van der Waals surface area contributed by atoms with Crippen molar-refractivity contribution in [3.8, 4) is 0 Å². The van der Waals surface area contributed by atoms with E-state index >= 15 is 0 Å². The summed E-state index contributed by atoms with van der Waals surface area (Å²) in [6.07, 6.45) is 3.52. The molecule has 0 aliphatic carbocycles. The third kappa shape index (κ3) is 2.62. The molecule has 0 spiro atoms. The standard InChI is InChI=1S/C15H14N4O2S/c1-19-12-8-10(3-4-11(12)18-15(19)21)17-14(20)9-5-6-16-13(7-9)22-2/h3-8H,1-2H3,(H,17,20)(H,18,21). The second kappa shape index (κ2) is 5.69. The summed E-state index contributed by atoms with van der Waals surface area (Å²) in [4.78, 5) is 30.7. The number of pyridine rings is 1. The van der Waals surface area contributed by atoms with Crippen LogP contribution in [0, 0.1) is 0 Å². The largest absolute Gasteiger partial charge is 0.326 e. The van der Waals surface area contributed by atoms with Crippen molar-refractivity contribution in [3.63, 3.8) is 0 Å². The Morgan fingerprint density at radius 1 is 1.32 bits per heavy atom. The maximum absolute atomic E-state index is 12.3. The van der Waals surface area contributed by atoms with Gasteiger partial charge in [-0.3, -0.25) is 9.36 Å². The second-order valence-corrected chi connectivity index (χ2v) is 5.59. The van der Waals surface area contributed by atoms with Gasteiger partial charge in [0.1, 0.15) is 0 Å². The summed E-state index contributed by atoms with van der Waals surface area (Å²) in [6, 6.07) is 8.70. The quantitative estimate of drug-likeness (QED) is 0.727. The van der Waals surface area contributed by atoms with Gasteiger partial charge in [0, 0.05) is 24.5 Å². The fourth-order valence-corrected chi connectivity index (χ4v) is 2.58. The predicted molar refractivity (Wildman–Crippen MR) is 87.5 cm³/mol. The Bertz CT molecular complexity index is 913. The minimum absolute atomic E-state index is 0.183. The summed E-state index contributed by atoms with van der Waals surface area (Å²) in [5.41, 5.74) is 2.47. The van der Waals surface area contributed by atoms with Crippen LogP contribution in [0.15, 0.2) is 46.3 Å². The van der Waals surface area contributed by atoms with Crippen LogP contribution in [0.1, 0.15) is 10.4 Å². The van der Waals surface area contributed by atoms with Crippen LogP contribution < -0.4 is 11.0 Å². The summed E-state index contributed by atoms with van der Waals surface area (Å²) >= 11 is 1.48. The predicted octanol–water partition coefficient (Wildman–Crippen LogP) is 2.24. The molecule has 0 aliphatic heterocycles. The number of hydrogen-bond donors (Lipinski definition) is 2. The number of imidazole rings is 1. The Balaban J connectivity index is 1.90. The Labute approximate surface area is 130 Å². The van der Waals surface area contributed by atoms with Gasteiger partial charge in [0.2, 0.25) is 0 Å². The van der Waals surface area contributed by atoms with E-state index in [9.17, 15) is 9.59 Å². The van der Waals surface area contributed by atoms with E-state index in [2.05, 4.69) is 15.3 Å². The number of amides is 1. The number of aryl methyl sites for hydroxylation is 1. The SMILES string of the molecule is CSc1cc(C(=O)Nc2ccc3[nH]c(=O)n(C)c3c2)ccn1. The van der Waals surface area contributed by atoms with E-state index in [0.717, 1.165) is 16.1 Å². The van der Waals surface area contributed by atoms with E-state index in [-0.39, 0.29) is 11.6 Å². The molecular weight excluding hydrogens is 300 g/mol. The summed E-state index contributed by atoms with van der Waals surface area (Å²) in [5.74, 6) is -0.211. The Hall–Kier alpha value is -2.54. The number of carbonyl (C=O) groups is 1. The number of benzene rings is 1. The van der Waals surface area contributed by atoms with E-state index in [4.69, 9.17) is 0 Å². The first kappa shape index (κ1) is 14.4. The molecule has 0 bridgehead atoms. The molecule has 2 aromatic heterocycles. The molecule has 0 saturated carbocycles. The van der Waals surface area contributed by atoms with Crippen molar-refractivity contribution in [2.45, 2.75) is 5.03 Å². The molecular formula is C15H14N4O2S. The summed E-state index contributed by atoms with van der Waals surface area (Å²) < 4.78 is 1.50. The number of nitrogens with zero attached hydrogens (tertiary/aromatic N) is 2. The number of fused-ring (bicyclic) bond motifs is 1. The highest BCUT2D eigenvalue weighted by Crippen LogP contribution is 2.18. The first-order chi connectivity index (χ1) is 10.6. The van der Waals surface area contributed by atoms with E-state index in [1.807, 2.05) is 6.26 Å². The Kier molecular flexibility index (Phi) is 3.72. The van der Waals surface area contributed by atoms with Crippen LogP contribution in [0.2, 0.25) is 0 Å². The fraction of sp³-hybridized carbons (Fsp3) is 0.133. The lowest BCUT2D eigenvalue weighted by molar-refractivity contribution is 0.102. The van der Waals surface area contributed by atoms with Gasteiger partial charge in [-0.05, 0) is 36.6 Å². The van der Waals surface area contributed by atoms with Gasteiger partial charge < -0.3 is 10.3 Å². The number of rotatable bonds is 3. The number of H-pyrrole nitrogens is 1. The number of hydrogen-bond acceptors (Lipinski definition) is 4. The molecule has 7 heteroatoms. The van der Waals surface area contributed by atoms with Crippen molar-refractivity contribution < 1.29 is 4.79 Å². The van der Waals surface area contributed by atoms with Crippen molar-refractivity contribution in [3.05, 3.63) is 52.6 Å². The molecule has 3 rings (SSSR count). The normalized spacial score (nSPS) is 10.8. The lowest BCUT2D eigenvalue weighted by atomic mass is 10.2. The highest BCUT2D eigenvalue weighted by molar-refractivity contribution is 7.98. The average molecular weight is 314 g/mol. The van der Waals surface area contributed by atoms with Gasteiger partial charge in [0.15, 0.2) is 0 Å². The van der Waals surface area contributed by atoms with Gasteiger partial charge in [-0.2, -0.15) is 0 Å². The number of aromatic amines is 1. The molecule has 2 N–H and O–H groups in total. The number of thioether (sulfide) groups is 1. The van der Waals surface area contributed by atoms with Gasteiger partial charge >= 0.3 is 5.69 Å². The van der Waals surface area contributed by atoms with Gasteiger partial charge in [-0.1, -0.05) is 0 Å². The first-order valence-electron chi connectivity index (χ1n) is 6.58. The third-order valence-corrected chi connectivity index (χ3v) is 4.01. The van der Waals surface area contributed by atoms with Crippen LogP contribution in [0.3, 0.4) is 0 Å². The Morgan fingerprint density at radius 3 is 2.91 bits per heavy atom. The number of aromatic nitrogens is 3. The molecule has 0 saturated heterocycles. The highest BCUT2D eigenvalue weighted by Gasteiger charge is 2.09.